The van der Waals surface area contributed by atoms with E-state index in [0.29, 0.717) is 0 Å². The minimum atomic E-state index is -2.49. The summed E-state index contributed by atoms with van der Waals surface area (Å²) in [6.07, 6.45) is 0.716. The van der Waals surface area contributed by atoms with Gasteiger partial charge >= 0.3 is 6.09 Å². The Morgan fingerprint density at radius 1 is 1.75 bits per heavy atom. The van der Waals surface area contributed by atoms with Crippen LogP contribution in [0.3, 0.4) is 0 Å². The van der Waals surface area contributed by atoms with E-state index in [4.69, 9.17) is 0 Å². The molecule has 5 nitrogen and oxygen atoms in total. The van der Waals surface area contributed by atoms with Gasteiger partial charge in [-0.05, 0) is 19.8 Å². The quantitative estimate of drug-likeness (QED) is 0.607. The Morgan fingerprint density at radius 3 is 2.67 bits per heavy atom. The third-order valence-corrected chi connectivity index (χ3v) is 2.26. The molecule has 6 heteroatoms. The van der Waals surface area contributed by atoms with E-state index < -0.39 is 17.4 Å². The Kier molecular flexibility index (Phi) is 3.05. The third-order valence-electron chi connectivity index (χ3n) is 1.49. The molecule has 0 bridgehead atoms. The van der Waals surface area contributed by atoms with Crippen molar-refractivity contribution in [2.45, 2.75) is 25.8 Å². The zero-order valence-corrected chi connectivity index (χ0v) is 7.50. The second-order valence-electron chi connectivity index (χ2n) is 2.47. The molecule has 0 aromatic heterocycles. The number of carbonyl (C=O) groups excluding carboxylic acids is 1. The molecule has 0 radical (unpaired) electrons. The molecule has 0 aromatic carbocycles. The van der Waals surface area contributed by atoms with Gasteiger partial charge in [-0.1, -0.05) is 0 Å². The largest absolute Gasteiger partial charge is 0.755 e. The topological polar surface area (TPSA) is 69.7 Å². The van der Waals surface area contributed by atoms with Crippen molar-refractivity contribution in [1.82, 2.24) is 4.31 Å². The molecular weight excluding hydrogens is 182 g/mol. The maximum absolute atomic E-state index is 11.0. The van der Waals surface area contributed by atoms with Crippen LogP contribution in [0, 0.1) is 0 Å². The van der Waals surface area contributed by atoms with E-state index >= 15 is 0 Å². The van der Waals surface area contributed by atoms with Gasteiger partial charge in [-0.3, -0.25) is 4.21 Å². The van der Waals surface area contributed by atoms with Crippen LogP contribution in [-0.2, 0) is 16.0 Å². The molecule has 0 spiro atoms. The molecule has 1 rings (SSSR count). The normalized spacial score (nSPS) is 18.5. The number of carbonyl (C=O) groups is 1. The number of ether oxygens (including phenoxy) is 1. The van der Waals surface area contributed by atoms with Crippen LogP contribution in [0.5, 0.6) is 0 Å². The minimum Gasteiger partial charge on any atom is -0.755 e. The van der Waals surface area contributed by atoms with Crippen LogP contribution in [-0.4, -0.2) is 31.8 Å². The van der Waals surface area contributed by atoms with E-state index in [1.807, 2.05) is 0 Å². The molecule has 1 aliphatic carbocycles. The Hall–Kier alpha value is -0.620. The van der Waals surface area contributed by atoms with Crippen LogP contribution in [0.25, 0.3) is 0 Å². The molecule has 0 saturated heterocycles. The van der Waals surface area contributed by atoms with Gasteiger partial charge < -0.3 is 9.29 Å². The first-order valence-corrected chi connectivity index (χ1v) is 4.75. The van der Waals surface area contributed by atoms with Crippen molar-refractivity contribution in [2.75, 3.05) is 6.61 Å². The molecule has 1 amide bonds. The molecule has 70 valence electrons. The molecule has 1 saturated carbocycles. The predicted octanol–water partition coefficient (Wildman–Crippen LogP) is 0.401. The lowest BCUT2D eigenvalue weighted by Gasteiger charge is -2.22. The number of rotatable bonds is 3. The van der Waals surface area contributed by atoms with Crippen LogP contribution in [0.2, 0.25) is 0 Å². The summed E-state index contributed by atoms with van der Waals surface area (Å²) in [4.78, 5) is 11.0. The molecule has 1 unspecified atom stereocenters. The summed E-state index contributed by atoms with van der Waals surface area (Å²) in [6.45, 7) is 1.83. The summed E-state index contributed by atoms with van der Waals surface area (Å²) >= 11 is -2.49. The highest BCUT2D eigenvalue weighted by Gasteiger charge is 2.34. The fraction of sp³-hybridized carbons (Fsp3) is 0.833. The molecule has 1 atom stereocenters. The molecule has 1 aliphatic rings. The second-order valence-corrected chi connectivity index (χ2v) is 3.30. The first-order chi connectivity index (χ1) is 5.66. The molecule has 0 aromatic rings. The van der Waals surface area contributed by atoms with Gasteiger partial charge in [0.1, 0.15) is 0 Å². The molecule has 0 aliphatic heterocycles. The van der Waals surface area contributed by atoms with Gasteiger partial charge in [-0.2, -0.15) is 0 Å². The summed E-state index contributed by atoms with van der Waals surface area (Å²) in [5, 5.41) is 0. The first-order valence-electron chi connectivity index (χ1n) is 3.72. The molecule has 0 N–H and O–H groups in total. The predicted molar refractivity (Wildman–Crippen MR) is 40.8 cm³/mol. The number of amides is 1. The fourth-order valence-electron chi connectivity index (χ4n) is 0.828. The Labute approximate surface area is 73.1 Å². The highest BCUT2D eigenvalue weighted by molar-refractivity contribution is 7.77. The average molecular weight is 192 g/mol. The highest BCUT2D eigenvalue weighted by atomic mass is 32.2. The lowest BCUT2D eigenvalue weighted by atomic mass is 10.7. The van der Waals surface area contributed by atoms with Gasteiger partial charge in [0.15, 0.2) is 0 Å². The maximum atomic E-state index is 11.0. The van der Waals surface area contributed by atoms with Gasteiger partial charge in [0.2, 0.25) is 0 Å². The first kappa shape index (κ1) is 9.47. The van der Waals surface area contributed by atoms with Crippen molar-refractivity contribution >= 4 is 17.4 Å². The summed E-state index contributed by atoms with van der Waals surface area (Å²) in [6, 6.07) is -0.164. The van der Waals surface area contributed by atoms with Crippen LogP contribution in [0.1, 0.15) is 19.8 Å². The third kappa shape index (κ3) is 2.18. The minimum absolute atomic E-state index is 0.164. The van der Waals surface area contributed by atoms with Crippen LogP contribution in [0.15, 0.2) is 0 Å². The number of hydrogen-bond acceptors (Lipinski definition) is 4. The monoisotopic (exact) mass is 192 g/mol. The van der Waals surface area contributed by atoms with Gasteiger partial charge in [-0.25, -0.2) is 9.10 Å². The summed E-state index contributed by atoms with van der Waals surface area (Å²) in [7, 11) is 0. The molecular formula is C6H10NO4S-. The van der Waals surface area contributed by atoms with Crippen molar-refractivity contribution in [3.63, 3.8) is 0 Å². The van der Waals surface area contributed by atoms with E-state index in [1.165, 1.54) is 0 Å². The zero-order chi connectivity index (χ0) is 9.14. The fourth-order valence-corrected chi connectivity index (χ4v) is 1.46. The standard InChI is InChI=1S/C6H11NO4S/c1-2-11-6(8)7(12(9)10)5-3-4-5/h5H,2-4H2,1H3,(H,9,10)/p-1. The van der Waals surface area contributed by atoms with Gasteiger partial charge in [0, 0.05) is 6.04 Å². The second kappa shape index (κ2) is 3.86. The van der Waals surface area contributed by atoms with Crippen molar-refractivity contribution in [3.05, 3.63) is 0 Å². The Morgan fingerprint density at radius 2 is 2.33 bits per heavy atom. The van der Waals surface area contributed by atoms with Crippen molar-refractivity contribution in [2.24, 2.45) is 0 Å². The Balaban J connectivity index is 2.52. The smallest absolute Gasteiger partial charge is 0.421 e. The van der Waals surface area contributed by atoms with Gasteiger partial charge in [-0.15, -0.1) is 0 Å². The SMILES string of the molecule is CCOC(=O)N(C1CC1)S(=O)[O-]. The lowest BCUT2D eigenvalue weighted by Crippen LogP contribution is -2.35. The molecule has 1 fully saturated rings. The van der Waals surface area contributed by atoms with Crippen LogP contribution in [0.4, 0.5) is 4.79 Å². The van der Waals surface area contributed by atoms with E-state index in [1.54, 1.807) is 6.92 Å². The number of hydrogen-bond donors (Lipinski definition) is 0. The van der Waals surface area contributed by atoms with Crippen LogP contribution < -0.4 is 0 Å². The van der Waals surface area contributed by atoms with Crippen LogP contribution >= 0.6 is 0 Å². The summed E-state index contributed by atoms with van der Waals surface area (Å²) in [5.41, 5.74) is 0. The van der Waals surface area contributed by atoms with Crippen molar-refractivity contribution in [1.29, 1.82) is 0 Å². The van der Waals surface area contributed by atoms with Gasteiger partial charge in [0.05, 0.1) is 17.9 Å². The van der Waals surface area contributed by atoms with E-state index in [0.717, 1.165) is 17.1 Å². The highest BCUT2D eigenvalue weighted by Crippen LogP contribution is 2.28. The van der Waals surface area contributed by atoms with Gasteiger partial charge in [0.25, 0.3) is 0 Å². The lowest BCUT2D eigenvalue weighted by molar-refractivity contribution is 0.129. The van der Waals surface area contributed by atoms with Crippen molar-refractivity contribution in [3.8, 4) is 0 Å². The Bertz CT molecular complexity index is 204. The van der Waals surface area contributed by atoms with Crippen molar-refractivity contribution < 1.29 is 18.3 Å². The number of nitrogens with zero attached hydrogens (tertiary/aromatic N) is 1. The summed E-state index contributed by atoms with van der Waals surface area (Å²) < 4.78 is 26.4. The molecule has 12 heavy (non-hydrogen) atoms. The van der Waals surface area contributed by atoms with E-state index in [-0.39, 0.29) is 12.6 Å². The molecule has 0 heterocycles. The summed E-state index contributed by atoms with van der Waals surface area (Å²) in [5.74, 6) is 0. The van der Waals surface area contributed by atoms with E-state index in [2.05, 4.69) is 4.74 Å². The maximum Gasteiger partial charge on any atom is 0.421 e. The zero-order valence-electron chi connectivity index (χ0n) is 6.69. The van der Waals surface area contributed by atoms with E-state index in [9.17, 15) is 13.6 Å². The average Bonchev–Trinajstić information content (AvgIpc) is 2.71.